The molecule has 3 rings (SSSR count). The summed E-state index contributed by atoms with van der Waals surface area (Å²) in [4.78, 5) is 23.7. The lowest BCUT2D eigenvalue weighted by Crippen LogP contribution is -2.34. The zero-order valence-corrected chi connectivity index (χ0v) is 17.9. The Balaban J connectivity index is 1.97. The maximum atomic E-state index is 13.9. The zero-order chi connectivity index (χ0) is 20.9. The van der Waals surface area contributed by atoms with Crippen molar-refractivity contribution in [2.24, 2.45) is 0 Å². The van der Waals surface area contributed by atoms with Crippen LogP contribution in [0.15, 0.2) is 34.8 Å². The van der Waals surface area contributed by atoms with Crippen molar-refractivity contribution in [3.8, 4) is 0 Å². The van der Waals surface area contributed by atoms with Crippen LogP contribution in [0.4, 0.5) is 10.1 Å². The summed E-state index contributed by atoms with van der Waals surface area (Å²) in [6, 6.07) is 7.24. The van der Waals surface area contributed by atoms with E-state index in [0.717, 1.165) is 35.0 Å². The van der Waals surface area contributed by atoms with Crippen molar-refractivity contribution in [1.29, 1.82) is 0 Å². The van der Waals surface area contributed by atoms with E-state index in [2.05, 4.69) is 48.9 Å². The average molecular weight is 448 g/mol. The first-order chi connectivity index (χ1) is 12.9. The van der Waals surface area contributed by atoms with Crippen LogP contribution in [0.2, 0.25) is 0 Å². The quantitative estimate of drug-likeness (QED) is 0.616. The Morgan fingerprint density at radius 2 is 1.71 bits per heavy atom. The van der Waals surface area contributed by atoms with E-state index in [1.165, 1.54) is 11.6 Å². The van der Waals surface area contributed by atoms with Gasteiger partial charge in [0.25, 0.3) is 5.91 Å². The van der Waals surface area contributed by atoms with E-state index in [4.69, 9.17) is 5.11 Å². The Morgan fingerprint density at radius 3 is 2.32 bits per heavy atom. The summed E-state index contributed by atoms with van der Waals surface area (Å²) in [5, 5.41) is 11.6. The first kappa shape index (κ1) is 20.5. The van der Waals surface area contributed by atoms with Crippen LogP contribution in [0.1, 0.15) is 72.4 Å². The predicted molar refractivity (Wildman–Crippen MR) is 111 cm³/mol. The second kappa shape index (κ2) is 6.99. The number of benzene rings is 2. The second-order valence-electron chi connectivity index (χ2n) is 8.60. The topological polar surface area (TPSA) is 66.4 Å². The van der Waals surface area contributed by atoms with Crippen LogP contribution in [0.3, 0.4) is 0 Å². The van der Waals surface area contributed by atoms with Gasteiger partial charge in [0.1, 0.15) is 5.82 Å². The first-order valence-electron chi connectivity index (χ1n) is 9.11. The number of halogens is 2. The third kappa shape index (κ3) is 3.70. The number of anilines is 1. The highest BCUT2D eigenvalue weighted by molar-refractivity contribution is 9.10. The van der Waals surface area contributed by atoms with Crippen LogP contribution < -0.4 is 5.32 Å². The summed E-state index contributed by atoms with van der Waals surface area (Å²) < 4.78 is 14.8. The molecule has 0 heterocycles. The van der Waals surface area contributed by atoms with Gasteiger partial charge < -0.3 is 10.4 Å². The largest absolute Gasteiger partial charge is 0.478 e. The van der Waals surface area contributed by atoms with E-state index >= 15 is 0 Å². The lowest BCUT2D eigenvalue weighted by molar-refractivity contribution is 0.0691. The minimum atomic E-state index is -1.35. The Morgan fingerprint density at radius 1 is 1.07 bits per heavy atom. The van der Waals surface area contributed by atoms with Gasteiger partial charge in [0.2, 0.25) is 0 Å². The number of carbonyl (C=O) groups is 2. The van der Waals surface area contributed by atoms with E-state index in [1.807, 2.05) is 6.07 Å². The third-order valence-corrected chi connectivity index (χ3v) is 6.22. The number of carbonyl (C=O) groups excluding carboxylic acids is 1. The molecule has 0 saturated heterocycles. The molecule has 0 bridgehead atoms. The van der Waals surface area contributed by atoms with Crippen LogP contribution >= 0.6 is 15.9 Å². The molecule has 0 saturated carbocycles. The van der Waals surface area contributed by atoms with Gasteiger partial charge in [-0.1, -0.05) is 43.6 Å². The average Bonchev–Trinajstić information content (AvgIpc) is 2.58. The molecule has 0 radical (unpaired) electrons. The summed E-state index contributed by atoms with van der Waals surface area (Å²) >= 11 is 3.65. The number of aromatic carboxylic acids is 1. The van der Waals surface area contributed by atoms with Crippen LogP contribution in [0.25, 0.3) is 0 Å². The third-order valence-electron chi connectivity index (χ3n) is 5.59. The Hall–Kier alpha value is -2.21. The molecule has 2 aromatic carbocycles. The van der Waals surface area contributed by atoms with E-state index in [-0.39, 0.29) is 22.4 Å². The SMILES string of the molecule is CC1(C)CCC(C)(C)c2c(Br)cc(C(=O)Nc3ccc(C(=O)O)c(F)c3)cc21. The smallest absolute Gasteiger partial charge is 0.338 e. The van der Waals surface area contributed by atoms with Gasteiger partial charge in [0.15, 0.2) is 0 Å². The fourth-order valence-electron chi connectivity index (χ4n) is 3.81. The van der Waals surface area contributed by atoms with Crippen molar-refractivity contribution >= 4 is 33.5 Å². The van der Waals surface area contributed by atoms with Gasteiger partial charge in [0, 0.05) is 15.7 Å². The molecular weight excluding hydrogens is 425 g/mol. The standard InChI is InChI=1S/C22H23BrFNO3/c1-21(2)7-8-22(3,4)18-15(21)9-12(10-16(18)23)19(26)25-13-5-6-14(20(27)28)17(24)11-13/h5-6,9-11H,7-8H2,1-4H3,(H,25,26)(H,27,28). The molecule has 4 nitrogen and oxygen atoms in total. The summed E-state index contributed by atoms with van der Waals surface area (Å²) in [6.45, 7) is 8.76. The second-order valence-corrected chi connectivity index (χ2v) is 9.46. The maximum Gasteiger partial charge on any atom is 0.338 e. The van der Waals surface area contributed by atoms with Gasteiger partial charge >= 0.3 is 5.97 Å². The van der Waals surface area contributed by atoms with Crippen LogP contribution in [-0.4, -0.2) is 17.0 Å². The molecule has 0 aromatic heterocycles. The minimum absolute atomic E-state index is 0.00842. The fraction of sp³-hybridized carbons (Fsp3) is 0.364. The van der Waals surface area contributed by atoms with Crippen molar-refractivity contribution in [1.82, 2.24) is 0 Å². The summed E-state index contributed by atoms with van der Waals surface area (Å²) in [5.41, 5.74) is 2.55. The molecule has 1 amide bonds. The van der Waals surface area contributed by atoms with Crippen LogP contribution in [-0.2, 0) is 10.8 Å². The molecular formula is C22H23BrFNO3. The predicted octanol–water partition coefficient (Wildman–Crippen LogP) is 5.89. The summed E-state index contributed by atoms with van der Waals surface area (Å²) in [5.74, 6) is -2.61. The molecule has 0 spiro atoms. The molecule has 0 atom stereocenters. The van der Waals surface area contributed by atoms with Crippen molar-refractivity contribution in [2.45, 2.75) is 51.4 Å². The molecule has 28 heavy (non-hydrogen) atoms. The van der Waals surface area contributed by atoms with E-state index < -0.39 is 17.3 Å². The van der Waals surface area contributed by atoms with Gasteiger partial charge in [-0.15, -0.1) is 0 Å². The molecule has 2 N–H and O–H groups in total. The number of hydrogen-bond donors (Lipinski definition) is 2. The summed E-state index contributed by atoms with van der Waals surface area (Å²) in [6.07, 6.45) is 2.08. The molecule has 148 valence electrons. The van der Waals surface area contributed by atoms with Gasteiger partial charge in [-0.25, -0.2) is 9.18 Å². The highest BCUT2D eigenvalue weighted by Crippen LogP contribution is 2.48. The number of rotatable bonds is 3. The van der Waals surface area contributed by atoms with E-state index in [1.54, 1.807) is 6.07 Å². The minimum Gasteiger partial charge on any atom is -0.478 e. The number of nitrogens with one attached hydrogen (secondary N) is 1. The summed E-state index contributed by atoms with van der Waals surface area (Å²) in [7, 11) is 0. The lowest BCUT2D eigenvalue weighted by Gasteiger charge is -2.42. The molecule has 6 heteroatoms. The van der Waals surface area contributed by atoms with Gasteiger partial charge in [-0.05, 0) is 65.1 Å². The Labute approximate surface area is 172 Å². The highest BCUT2D eigenvalue weighted by Gasteiger charge is 2.39. The number of carboxylic acid groups (broad SMARTS) is 1. The zero-order valence-electron chi connectivity index (χ0n) is 16.3. The molecule has 0 fully saturated rings. The molecule has 0 aliphatic heterocycles. The molecule has 2 aromatic rings. The number of hydrogen-bond acceptors (Lipinski definition) is 2. The van der Waals surface area contributed by atoms with Crippen molar-refractivity contribution in [3.05, 3.63) is 62.9 Å². The first-order valence-corrected chi connectivity index (χ1v) is 9.90. The van der Waals surface area contributed by atoms with Gasteiger partial charge in [-0.2, -0.15) is 0 Å². The van der Waals surface area contributed by atoms with Crippen molar-refractivity contribution in [3.63, 3.8) is 0 Å². The van der Waals surface area contributed by atoms with Crippen LogP contribution in [0.5, 0.6) is 0 Å². The van der Waals surface area contributed by atoms with Gasteiger partial charge in [0.05, 0.1) is 5.56 Å². The number of amides is 1. The molecule has 1 aliphatic rings. The van der Waals surface area contributed by atoms with E-state index in [9.17, 15) is 14.0 Å². The van der Waals surface area contributed by atoms with Crippen molar-refractivity contribution < 1.29 is 19.1 Å². The maximum absolute atomic E-state index is 13.9. The Kier molecular flexibility index (Phi) is 5.13. The number of fused-ring (bicyclic) bond motifs is 1. The molecule has 1 aliphatic carbocycles. The number of carboxylic acids is 1. The van der Waals surface area contributed by atoms with Gasteiger partial charge in [-0.3, -0.25) is 4.79 Å². The van der Waals surface area contributed by atoms with E-state index in [0.29, 0.717) is 5.56 Å². The van der Waals surface area contributed by atoms with Crippen molar-refractivity contribution in [2.75, 3.05) is 5.32 Å². The monoisotopic (exact) mass is 447 g/mol. The molecule has 0 unspecified atom stereocenters. The normalized spacial score (nSPS) is 16.9. The Bertz CT molecular complexity index is 982. The van der Waals surface area contributed by atoms with Crippen LogP contribution in [0, 0.1) is 5.82 Å². The highest BCUT2D eigenvalue weighted by atomic mass is 79.9. The lowest BCUT2D eigenvalue weighted by atomic mass is 9.63. The fourth-order valence-corrected chi connectivity index (χ4v) is 4.81.